The minimum absolute atomic E-state index is 0. The molecule has 0 unspecified atom stereocenters. The van der Waals surface area contributed by atoms with Crippen LogP contribution in [0.1, 0.15) is 47.2 Å². The van der Waals surface area contributed by atoms with E-state index in [1.54, 1.807) is 12.1 Å². The SMILES string of the molecule is COC(=O)c1ccc(F)c2c1C=C(N(CCCc1c[nH]c3ccc(F)cc13)C1CCC1)CO2.Cl. The number of carbonyl (C=O) groups is 1. The first-order valence-electron chi connectivity index (χ1n) is 11.3. The van der Waals surface area contributed by atoms with Gasteiger partial charge in [-0.05, 0) is 74.1 Å². The van der Waals surface area contributed by atoms with Gasteiger partial charge in [-0.25, -0.2) is 13.6 Å². The summed E-state index contributed by atoms with van der Waals surface area (Å²) in [5.74, 6) is -1.16. The summed E-state index contributed by atoms with van der Waals surface area (Å²) in [6.07, 6.45) is 8.85. The van der Waals surface area contributed by atoms with Gasteiger partial charge in [0.1, 0.15) is 12.4 Å². The van der Waals surface area contributed by atoms with Crippen LogP contribution in [0.25, 0.3) is 17.0 Å². The number of carbonyl (C=O) groups excluding carboxylic acids is 1. The monoisotopic (exact) mass is 488 g/mol. The van der Waals surface area contributed by atoms with Crippen molar-refractivity contribution in [2.45, 2.75) is 38.1 Å². The topological polar surface area (TPSA) is 54.6 Å². The minimum Gasteiger partial charge on any atom is -0.484 e. The number of hydrogen-bond donors (Lipinski definition) is 1. The Hall–Kier alpha value is -3.06. The number of aryl methyl sites for hydroxylation is 1. The number of fused-ring (bicyclic) bond motifs is 2. The van der Waals surface area contributed by atoms with Gasteiger partial charge in [0.15, 0.2) is 11.6 Å². The van der Waals surface area contributed by atoms with Gasteiger partial charge in [0.05, 0.1) is 18.4 Å². The number of ether oxygens (including phenoxy) is 2. The molecule has 8 heteroatoms. The van der Waals surface area contributed by atoms with E-state index >= 15 is 0 Å². The largest absolute Gasteiger partial charge is 0.484 e. The Labute approximate surface area is 203 Å². The summed E-state index contributed by atoms with van der Waals surface area (Å²) in [6, 6.07) is 7.86. The van der Waals surface area contributed by atoms with Crippen LogP contribution in [-0.4, -0.2) is 42.2 Å². The predicted octanol–water partition coefficient (Wildman–Crippen LogP) is 5.88. The molecule has 2 aromatic carbocycles. The molecule has 34 heavy (non-hydrogen) atoms. The van der Waals surface area contributed by atoms with Gasteiger partial charge in [-0.2, -0.15) is 0 Å². The molecule has 0 spiro atoms. The van der Waals surface area contributed by atoms with E-state index in [1.165, 1.54) is 31.7 Å². The average molecular weight is 489 g/mol. The number of methoxy groups -OCH3 is 1. The Morgan fingerprint density at radius 3 is 2.79 bits per heavy atom. The quantitative estimate of drug-likeness (QED) is 0.422. The van der Waals surface area contributed by atoms with Crippen LogP contribution < -0.4 is 4.74 Å². The van der Waals surface area contributed by atoms with Crippen molar-refractivity contribution in [2.75, 3.05) is 20.3 Å². The standard InChI is InChI=1S/C26H26F2N2O3.ClH/c1-32-26(31)20-8-9-23(28)25-22(20)13-19(15-33-25)30(18-5-2-6-18)11-3-4-16-14-29-24-10-7-17(27)12-21(16)24;/h7-10,12-14,18,29H,2-6,11,15H2,1H3;1H. The van der Waals surface area contributed by atoms with E-state index in [2.05, 4.69) is 9.88 Å². The fraction of sp³-hybridized carbons (Fsp3) is 0.346. The summed E-state index contributed by atoms with van der Waals surface area (Å²) in [6.45, 7) is 1.05. The lowest BCUT2D eigenvalue weighted by molar-refractivity contribution is 0.0599. The molecule has 1 N–H and O–H groups in total. The van der Waals surface area contributed by atoms with E-state index in [0.717, 1.165) is 54.4 Å². The van der Waals surface area contributed by atoms with Crippen molar-refractivity contribution >= 4 is 35.4 Å². The Morgan fingerprint density at radius 1 is 1.24 bits per heavy atom. The second-order valence-corrected chi connectivity index (χ2v) is 8.64. The zero-order chi connectivity index (χ0) is 22.9. The van der Waals surface area contributed by atoms with E-state index in [9.17, 15) is 13.6 Å². The third-order valence-corrected chi connectivity index (χ3v) is 6.69. The van der Waals surface area contributed by atoms with Gasteiger partial charge in [-0.1, -0.05) is 0 Å². The lowest BCUT2D eigenvalue weighted by Crippen LogP contribution is -2.42. The van der Waals surface area contributed by atoms with Crippen molar-refractivity contribution in [1.29, 1.82) is 0 Å². The predicted molar refractivity (Wildman–Crippen MR) is 129 cm³/mol. The summed E-state index contributed by atoms with van der Waals surface area (Å²) in [5.41, 5.74) is 3.68. The van der Waals surface area contributed by atoms with E-state index in [1.807, 2.05) is 12.3 Å². The Kier molecular flexibility index (Phi) is 7.12. The number of H-pyrrole nitrogens is 1. The molecular formula is C26H27ClF2N2O3. The number of halogens is 3. The lowest BCUT2D eigenvalue weighted by atomic mass is 9.90. The van der Waals surface area contributed by atoms with Crippen LogP contribution in [0.3, 0.4) is 0 Å². The van der Waals surface area contributed by atoms with E-state index in [-0.39, 0.29) is 30.6 Å². The first kappa shape index (κ1) is 24.1. The summed E-state index contributed by atoms with van der Waals surface area (Å²) in [4.78, 5) is 17.8. The van der Waals surface area contributed by atoms with Crippen molar-refractivity contribution < 1.29 is 23.0 Å². The number of esters is 1. The minimum atomic E-state index is -0.519. The summed E-state index contributed by atoms with van der Waals surface area (Å²) in [7, 11) is 1.31. The van der Waals surface area contributed by atoms with Crippen LogP contribution in [0.5, 0.6) is 5.75 Å². The maximum atomic E-state index is 14.3. The number of aromatic nitrogens is 1. The molecule has 0 saturated heterocycles. The highest BCUT2D eigenvalue weighted by Gasteiger charge is 2.30. The normalized spacial score (nSPS) is 15.0. The maximum absolute atomic E-state index is 14.3. The van der Waals surface area contributed by atoms with Crippen molar-refractivity contribution in [2.24, 2.45) is 0 Å². The number of hydrogen-bond acceptors (Lipinski definition) is 4. The molecule has 5 nitrogen and oxygen atoms in total. The first-order valence-corrected chi connectivity index (χ1v) is 11.3. The van der Waals surface area contributed by atoms with E-state index < -0.39 is 11.8 Å². The molecule has 0 atom stereocenters. The van der Waals surface area contributed by atoms with Crippen molar-refractivity contribution in [1.82, 2.24) is 9.88 Å². The van der Waals surface area contributed by atoms with Crippen LogP contribution in [0.2, 0.25) is 0 Å². The van der Waals surface area contributed by atoms with Gasteiger partial charge in [-0.3, -0.25) is 0 Å². The Morgan fingerprint density at radius 2 is 2.06 bits per heavy atom. The van der Waals surface area contributed by atoms with Crippen LogP contribution in [0, 0.1) is 11.6 Å². The highest BCUT2D eigenvalue weighted by molar-refractivity contribution is 5.95. The molecule has 1 aromatic heterocycles. The van der Waals surface area contributed by atoms with Crippen molar-refractivity contribution in [3.8, 4) is 5.75 Å². The fourth-order valence-corrected chi connectivity index (χ4v) is 4.73. The zero-order valence-electron chi connectivity index (χ0n) is 18.9. The highest BCUT2D eigenvalue weighted by atomic mass is 35.5. The second-order valence-electron chi connectivity index (χ2n) is 8.64. The summed E-state index contributed by atoms with van der Waals surface area (Å²) < 4.78 is 38.7. The van der Waals surface area contributed by atoms with Crippen LogP contribution in [-0.2, 0) is 11.2 Å². The third-order valence-electron chi connectivity index (χ3n) is 6.69. The Balaban J connectivity index is 0.00000274. The number of aromatic amines is 1. The average Bonchev–Trinajstić information content (AvgIpc) is 3.18. The molecule has 0 bridgehead atoms. The molecule has 2 heterocycles. The number of rotatable bonds is 7. The first-order chi connectivity index (χ1) is 16.0. The van der Waals surface area contributed by atoms with Crippen LogP contribution in [0.4, 0.5) is 8.78 Å². The van der Waals surface area contributed by atoms with Gasteiger partial charge >= 0.3 is 5.97 Å². The van der Waals surface area contributed by atoms with Crippen molar-refractivity contribution in [3.05, 3.63) is 70.6 Å². The van der Waals surface area contributed by atoms with Crippen LogP contribution >= 0.6 is 12.4 Å². The lowest BCUT2D eigenvalue weighted by Gasteiger charge is -2.41. The maximum Gasteiger partial charge on any atom is 0.338 e. The molecule has 0 amide bonds. The highest BCUT2D eigenvalue weighted by Crippen LogP contribution is 2.36. The smallest absolute Gasteiger partial charge is 0.338 e. The molecule has 1 saturated carbocycles. The van der Waals surface area contributed by atoms with Gasteiger partial charge in [0, 0.05) is 35.2 Å². The summed E-state index contributed by atoms with van der Waals surface area (Å²) >= 11 is 0. The molecule has 3 aromatic rings. The summed E-state index contributed by atoms with van der Waals surface area (Å²) in [5, 5.41) is 0.914. The molecule has 1 aliphatic heterocycles. The number of benzene rings is 2. The Bertz CT molecular complexity index is 1240. The van der Waals surface area contributed by atoms with Gasteiger partial charge < -0.3 is 19.4 Å². The number of nitrogens with one attached hydrogen (secondary N) is 1. The molecular weight excluding hydrogens is 462 g/mol. The third kappa shape index (κ3) is 4.49. The zero-order valence-corrected chi connectivity index (χ0v) is 19.7. The second kappa shape index (κ2) is 10.1. The molecule has 5 rings (SSSR count). The molecule has 0 radical (unpaired) electrons. The molecule has 180 valence electrons. The van der Waals surface area contributed by atoms with Crippen molar-refractivity contribution in [3.63, 3.8) is 0 Å². The van der Waals surface area contributed by atoms with Gasteiger partial charge in [-0.15, -0.1) is 12.4 Å². The van der Waals surface area contributed by atoms with E-state index in [0.29, 0.717) is 17.2 Å². The fourth-order valence-electron chi connectivity index (χ4n) is 4.73. The molecule has 2 aliphatic rings. The molecule has 1 aliphatic carbocycles. The molecule has 1 fully saturated rings. The van der Waals surface area contributed by atoms with E-state index in [4.69, 9.17) is 9.47 Å². The van der Waals surface area contributed by atoms with Crippen LogP contribution in [0.15, 0.2) is 42.2 Å². The van der Waals surface area contributed by atoms with Gasteiger partial charge in [0.2, 0.25) is 0 Å². The van der Waals surface area contributed by atoms with Gasteiger partial charge in [0.25, 0.3) is 0 Å². The number of nitrogens with zero attached hydrogens (tertiary/aromatic N) is 1.